The molecule has 1 heterocycles. The highest BCUT2D eigenvalue weighted by Crippen LogP contribution is 2.29. The molecule has 0 radical (unpaired) electrons. The van der Waals surface area contributed by atoms with Crippen molar-refractivity contribution in [2.45, 2.75) is 12.5 Å². The predicted molar refractivity (Wildman–Crippen MR) is 119 cm³/mol. The Bertz CT molecular complexity index is 1370. The maximum Gasteiger partial charge on any atom is 0.305 e. The highest BCUT2D eigenvalue weighted by atomic mass is 16.6. The molecule has 4 rings (SSSR count). The highest BCUT2D eigenvalue weighted by Gasteiger charge is 2.21. The molecule has 1 atom stereocenters. The number of carboxylic acid groups (broad SMARTS) is 1. The van der Waals surface area contributed by atoms with Gasteiger partial charge >= 0.3 is 5.97 Å². The maximum absolute atomic E-state index is 12.6. The van der Waals surface area contributed by atoms with Gasteiger partial charge in [-0.05, 0) is 29.8 Å². The molecule has 0 spiro atoms. The Morgan fingerprint density at radius 2 is 1.85 bits per heavy atom. The predicted octanol–water partition coefficient (Wildman–Crippen LogP) is 3.97. The summed E-state index contributed by atoms with van der Waals surface area (Å²) >= 11 is 0. The molecule has 10 heteroatoms. The number of benzene rings is 3. The topological polar surface area (TPSA) is 148 Å². The van der Waals surface area contributed by atoms with Crippen molar-refractivity contribution < 1.29 is 24.7 Å². The van der Waals surface area contributed by atoms with Crippen LogP contribution >= 0.6 is 0 Å². The van der Waals surface area contributed by atoms with Crippen molar-refractivity contribution in [1.82, 2.24) is 9.55 Å². The van der Waals surface area contributed by atoms with Crippen LogP contribution in [0.3, 0.4) is 0 Å². The number of hydrogen-bond donors (Lipinski definition) is 3. The van der Waals surface area contributed by atoms with Gasteiger partial charge in [0.2, 0.25) is 0 Å². The van der Waals surface area contributed by atoms with Crippen LogP contribution in [0.25, 0.3) is 11.0 Å². The molecule has 3 N–H and O–H groups in total. The molecule has 0 saturated carbocycles. The van der Waals surface area contributed by atoms with Gasteiger partial charge in [-0.1, -0.05) is 30.3 Å². The summed E-state index contributed by atoms with van der Waals surface area (Å²) in [6.07, 6.45) is 1.41. The Hall–Kier alpha value is -4.73. The number of phenolic OH excluding ortho intramolecular Hbond substituents is 1. The largest absolute Gasteiger partial charge is 0.507 e. The Morgan fingerprint density at radius 1 is 1.09 bits per heavy atom. The van der Waals surface area contributed by atoms with Crippen molar-refractivity contribution in [3.63, 3.8) is 0 Å². The summed E-state index contributed by atoms with van der Waals surface area (Å²) in [5.41, 5.74) is 1.80. The minimum Gasteiger partial charge on any atom is -0.507 e. The van der Waals surface area contributed by atoms with Gasteiger partial charge in [-0.3, -0.25) is 19.7 Å². The van der Waals surface area contributed by atoms with E-state index in [0.717, 1.165) is 23.8 Å². The molecule has 0 aliphatic carbocycles. The fraction of sp³-hybridized carbons (Fsp3) is 0.0870. The molecule has 0 aliphatic rings. The third-order valence-corrected chi connectivity index (χ3v) is 5.16. The van der Waals surface area contributed by atoms with Crippen molar-refractivity contribution in [3.05, 3.63) is 94.3 Å². The van der Waals surface area contributed by atoms with E-state index in [1.165, 1.54) is 0 Å². The van der Waals surface area contributed by atoms with Crippen LogP contribution in [0.4, 0.5) is 11.4 Å². The molecule has 0 bridgehead atoms. The van der Waals surface area contributed by atoms with E-state index in [9.17, 15) is 29.9 Å². The number of nitro groups is 1. The number of anilines is 1. The van der Waals surface area contributed by atoms with Crippen LogP contribution in [-0.4, -0.2) is 36.6 Å². The lowest BCUT2D eigenvalue weighted by molar-refractivity contribution is -0.384. The standard InChI is InChI=1S/C23H18N4O6/c28-21-9-7-16(27(32)33)11-17(21)23(31)25-15-6-8-19-18(10-15)24-13-26(19)20(12-22(29)30)14-4-2-1-3-5-14/h1-11,13,20,28H,12H2,(H,25,31)(H,29,30). The summed E-state index contributed by atoms with van der Waals surface area (Å²) in [5.74, 6) is -2.06. The molecule has 3 aromatic carbocycles. The van der Waals surface area contributed by atoms with Gasteiger partial charge in [0.05, 0.1) is 40.3 Å². The molecular weight excluding hydrogens is 428 g/mol. The van der Waals surface area contributed by atoms with E-state index >= 15 is 0 Å². The molecule has 166 valence electrons. The number of imidazole rings is 1. The number of nitrogens with one attached hydrogen (secondary N) is 1. The van der Waals surface area contributed by atoms with E-state index in [1.54, 1.807) is 29.1 Å². The quantitative estimate of drug-likeness (QED) is 0.287. The molecule has 1 unspecified atom stereocenters. The zero-order valence-electron chi connectivity index (χ0n) is 17.1. The zero-order chi connectivity index (χ0) is 23.5. The average Bonchev–Trinajstić information content (AvgIpc) is 3.21. The summed E-state index contributed by atoms with van der Waals surface area (Å²) in [6.45, 7) is 0. The molecule has 33 heavy (non-hydrogen) atoms. The van der Waals surface area contributed by atoms with Crippen molar-refractivity contribution in [2.24, 2.45) is 0 Å². The normalized spacial score (nSPS) is 11.8. The van der Waals surface area contributed by atoms with Crippen LogP contribution in [0, 0.1) is 10.1 Å². The van der Waals surface area contributed by atoms with Gasteiger partial charge < -0.3 is 20.1 Å². The first-order valence-corrected chi connectivity index (χ1v) is 9.85. The summed E-state index contributed by atoms with van der Waals surface area (Å²) in [6, 6.07) is 16.8. The summed E-state index contributed by atoms with van der Waals surface area (Å²) < 4.78 is 1.76. The van der Waals surface area contributed by atoms with Gasteiger partial charge in [-0.2, -0.15) is 0 Å². The van der Waals surface area contributed by atoms with Crippen LogP contribution in [-0.2, 0) is 4.79 Å². The third-order valence-electron chi connectivity index (χ3n) is 5.16. The number of phenols is 1. The smallest absolute Gasteiger partial charge is 0.305 e. The van der Waals surface area contributed by atoms with Crippen molar-refractivity contribution in [1.29, 1.82) is 0 Å². The van der Waals surface area contributed by atoms with E-state index < -0.39 is 22.8 Å². The maximum atomic E-state index is 12.6. The van der Waals surface area contributed by atoms with Gasteiger partial charge in [0.15, 0.2) is 0 Å². The number of aromatic hydroxyl groups is 1. The second-order valence-electron chi connectivity index (χ2n) is 7.29. The van der Waals surface area contributed by atoms with E-state index in [-0.39, 0.29) is 23.4 Å². The molecule has 0 aliphatic heterocycles. The van der Waals surface area contributed by atoms with Gasteiger partial charge in [0, 0.05) is 17.8 Å². The van der Waals surface area contributed by atoms with Gasteiger partial charge in [-0.15, -0.1) is 0 Å². The number of aromatic nitrogens is 2. The van der Waals surface area contributed by atoms with Crippen LogP contribution in [0.1, 0.15) is 28.4 Å². The SMILES string of the molecule is O=C(O)CC(c1ccccc1)n1cnc2cc(NC(=O)c3cc([N+](=O)[O-])ccc3O)ccc21. The monoisotopic (exact) mass is 446 g/mol. The lowest BCUT2D eigenvalue weighted by Gasteiger charge is -2.18. The summed E-state index contributed by atoms with van der Waals surface area (Å²) in [7, 11) is 0. The highest BCUT2D eigenvalue weighted by molar-refractivity contribution is 6.07. The van der Waals surface area contributed by atoms with Crippen LogP contribution in [0.15, 0.2) is 73.1 Å². The number of carboxylic acids is 1. The number of amides is 1. The number of carbonyl (C=O) groups is 2. The van der Waals surface area contributed by atoms with Crippen LogP contribution < -0.4 is 5.32 Å². The third kappa shape index (κ3) is 4.49. The van der Waals surface area contributed by atoms with Gasteiger partial charge in [-0.25, -0.2) is 4.98 Å². The Labute approximate surface area is 186 Å². The van der Waals surface area contributed by atoms with Crippen LogP contribution in [0.2, 0.25) is 0 Å². The molecule has 10 nitrogen and oxygen atoms in total. The fourth-order valence-corrected chi connectivity index (χ4v) is 3.59. The molecule has 0 saturated heterocycles. The molecule has 4 aromatic rings. The number of aliphatic carboxylic acids is 1. The average molecular weight is 446 g/mol. The number of carbonyl (C=O) groups excluding carboxylic acids is 1. The lowest BCUT2D eigenvalue weighted by atomic mass is 10.0. The Kier molecular flexibility index (Phi) is 5.73. The number of rotatable bonds is 7. The summed E-state index contributed by atoms with van der Waals surface area (Å²) in [4.78, 5) is 38.7. The molecule has 1 aromatic heterocycles. The molecular formula is C23H18N4O6. The van der Waals surface area contributed by atoms with Crippen LogP contribution in [0.5, 0.6) is 5.75 Å². The number of fused-ring (bicyclic) bond motifs is 1. The first kappa shape index (κ1) is 21.5. The molecule has 0 fully saturated rings. The summed E-state index contributed by atoms with van der Waals surface area (Å²) in [5, 5.41) is 32.9. The lowest BCUT2D eigenvalue weighted by Crippen LogP contribution is -2.14. The van der Waals surface area contributed by atoms with Gasteiger partial charge in [0.25, 0.3) is 11.6 Å². The number of hydrogen-bond acceptors (Lipinski definition) is 6. The van der Waals surface area contributed by atoms with Crippen molar-refractivity contribution in [2.75, 3.05) is 5.32 Å². The van der Waals surface area contributed by atoms with Crippen molar-refractivity contribution >= 4 is 34.3 Å². The second kappa shape index (κ2) is 8.79. The zero-order valence-corrected chi connectivity index (χ0v) is 17.1. The minimum absolute atomic E-state index is 0.139. The fourth-order valence-electron chi connectivity index (χ4n) is 3.59. The molecule has 1 amide bonds. The van der Waals surface area contributed by atoms with Gasteiger partial charge in [0.1, 0.15) is 5.75 Å². The Balaban J connectivity index is 1.64. The number of nitrogens with zero attached hydrogens (tertiary/aromatic N) is 3. The first-order valence-electron chi connectivity index (χ1n) is 9.85. The second-order valence-corrected chi connectivity index (χ2v) is 7.29. The van der Waals surface area contributed by atoms with E-state index in [4.69, 9.17) is 0 Å². The Morgan fingerprint density at radius 3 is 2.55 bits per heavy atom. The minimum atomic E-state index is -0.952. The van der Waals surface area contributed by atoms with E-state index in [1.807, 2.05) is 30.3 Å². The number of nitro benzene ring substituents is 1. The number of non-ortho nitro benzene ring substituents is 1. The first-order chi connectivity index (χ1) is 15.8. The van der Waals surface area contributed by atoms with E-state index in [2.05, 4.69) is 10.3 Å². The van der Waals surface area contributed by atoms with E-state index in [0.29, 0.717) is 16.7 Å². The van der Waals surface area contributed by atoms with Crippen molar-refractivity contribution in [3.8, 4) is 5.75 Å².